The van der Waals surface area contributed by atoms with E-state index in [1.54, 1.807) is 0 Å². The molecule has 0 aliphatic heterocycles. The molecule has 1 atom stereocenters. The fourth-order valence-electron chi connectivity index (χ4n) is 4.24. The summed E-state index contributed by atoms with van der Waals surface area (Å²) in [5, 5.41) is 3.83. The van der Waals surface area contributed by atoms with Crippen LogP contribution in [0.25, 0.3) is 0 Å². The molecule has 27 heavy (non-hydrogen) atoms. The highest BCUT2D eigenvalue weighted by molar-refractivity contribution is 7.38. The largest absolute Gasteiger partial charge is 0.294 e. The minimum atomic E-state index is -0.152. The maximum atomic E-state index is 3.99. The van der Waals surface area contributed by atoms with Gasteiger partial charge in [-0.15, -0.1) is 0 Å². The van der Waals surface area contributed by atoms with Gasteiger partial charge >= 0.3 is 0 Å². The van der Waals surface area contributed by atoms with Crippen molar-refractivity contribution in [1.29, 1.82) is 0 Å². The van der Waals surface area contributed by atoms with Crippen LogP contribution in [0, 0.1) is 0 Å². The average Bonchev–Trinajstić information content (AvgIpc) is 2.77. The highest BCUT2D eigenvalue weighted by atomic mass is 31.1. The van der Waals surface area contributed by atoms with E-state index in [0.717, 1.165) is 0 Å². The Morgan fingerprint density at radius 3 is 1.41 bits per heavy atom. The van der Waals surface area contributed by atoms with Crippen molar-refractivity contribution in [3.05, 3.63) is 108 Å². The second-order valence-electron chi connectivity index (χ2n) is 7.45. The van der Waals surface area contributed by atoms with E-state index in [9.17, 15) is 0 Å². The summed E-state index contributed by atoms with van der Waals surface area (Å²) in [6, 6.07) is 33.7. The number of hydrogen-bond acceptors (Lipinski definition) is 1. The van der Waals surface area contributed by atoms with Crippen LogP contribution in [0.5, 0.6) is 0 Å². The van der Waals surface area contributed by atoms with Gasteiger partial charge in [0.05, 0.1) is 5.16 Å². The van der Waals surface area contributed by atoms with Crippen molar-refractivity contribution < 1.29 is 0 Å². The molecule has 138 valence electrons. The van der Waals surface area contributed by atoms with E-state index >= 15 is 0 Å². The molecule has 0 bridgehead atoms. The molecule has 2 heteroatoms. The predicted octanol–water partition coefficient (Wildman–Crippen LogP) is 6.49. The zero-order valence-electron chi connectivity index (χ0n) is 15.8. The van der Waals surface area contributed by atoms with Crippen molar-refractivity contribution in [1.82, 2.24) is 5.09 Å². The van der Waals surface area contributed by atoms with Crippen LogP contribution in [0.1, 0.15) is 48.8 Å². The van der Waals surface area contributed by atoms with E-state index in [1.165, 1.54) is 48.8 Å². The molecule has 0 radical (unpaired) electrons. The maximum Gasteiger partial charge on any atom is 0.0754 e. The second-order valence-corrected chi connectivity index (χ2v) is 8.74. The van der Waals surface area contributed by atoms with Crippen LogP contribution in [0.15, 0.2) is 91.0 Å². The van der Waals surface area contributed by atoms with Gasteiger partial charge in [-0.05, 0) is 38.3 Å². The lowest BCUT2D eigenvalue weighted by Gasteiger charge is -2.38. The van der Waals surface area contributed by atoms with Gasteiger partial charge in [-0.1, -0.05) is 110 Å². The molecule has 3 aromatic carbocycles. The molecule has 0 heterocycles. The second kappa shape index (κ2) is 8.83. The molecule has 4 rings (SSSR count). The van der Waals surface area contributed by atoms with Gasteiger partial charge in [-0.2, -0.15) is 0 Å². The van der Waals surface area contributed by atoms with Crippen molar-refractivity contribution in [3.8, 4) is 0 Å². The molecular weight excluding hydrogens is 345 g/mol. The number of nitrogens with one attached hydrogen (secondary N) is 1. The lowest BCUT2D eigenvalue weighted by Crippen LogP contribution is -2.32. The van der Waals surface area contributed by atoms with Crippen molar-refractivity contribution in [2.24, 2.45) is 0 Å². The van der Waals surface area contributed by atoms with E-state index < -0.39 is 0 Å². The summed E-state index contributed by atoms with van der Waals surface area (Å²) in [5.41, 5.74) is 4.09. The first kappa shape index (κ1) is 18.4. The molecule has 1 aliphatic rings. The van der Waals surface area contributed by atoms with Gasteiger partial charge in [-0.25, -0.2) is 0 Å². The zero-order valence-corrected chi connectivity index (χ0v) is 16.8. The normalized spacial score (nSPS) is 16.0. The van der Waals surface area contributed by atoms with E-state index in [1.807, 2.05) is 0 Å². The third-order valence-electron chi connectivity index (χ3n) is 5.69. The summed E-state index contributed by atoms with van der Waals surface area (Å²) in [4.78, 5) is 0. The van der Waals surface area contributed by atoms with Crippen molar-refractivity contribution >= 4 is 8.73 Å². The lowest BCUT2D eigenvalue weighted by atomic mass is 9.84. The topological polar surface area (TPSA) is 12.0 Å². The summed E-state index contributed by atoms with van der Waals surface area (Å²) in [6.07, 6.45) is 6.72. The van der Waals surface area contributed by atoms with Crippen LogP contribution in [0.2, 0.25) is 0 Å². The van der Waals surface area contributed by atoms with E-state index in [4.69, 9.17) is 0 Å². The predicted molar refractivity (Wildman–Crippen MR) is 118 cm³/mol. The van der Waals surface area contributed by atoms with E-state index in [2.05, 4.69) is 96.1 Å². The number of benzene rings is 3. The van der Waals surface area contributed by atoms with Crippen molar-refractivity contribution in [2.45, 2.75) is 43.3 Å². The quantitative estimate of drug-likeness (QED) is 0.384. The molecule has 1 saturated carbocycles. The van der Waals surface area contributed by atoms with Crippen LogP contribution in [-0.4, -0.2) is 6.04 Å². The van der Waals surface area contributed by atoms with Crippen LogP contribution in [0.3, 0.4) is 0 Å². The fraction of sp³-hybridized carbons (Fsp3) is 0.280. The van der Waals surface area contributed by atoms with Gasteiger partial charge in [0.15, 0.2) is 0 Å². The first-order valence-corrected chi connectivity index (χ1v) is 11.1. The van der Waals surface area contributed by atoms with Gasteiger partial charge in [0.2, 0.25) is 0 Å². The van der Waals surface area contributed by atoms with Gasteiger partial charge in [-0.3, -0.25) is 5.09 Å². The Bertz CT molecular complexity index is 714. The fourth-order valence-corrected chi connectivity index (χ4v) is 5.88. The Morgan fingerprint density at radius 1 is 0.593 bits per heavy atom. The molecular formula is C25H28NP. The highest BCUT2D eigenvalue weighted by Gasteiger charge is 2.36. The standard InChI is InChI=1S/C25H28NP/c1-5-13-21(14-6-1)25(22-15-7-2-8-16-22,23-17-9-3-10-18-23)27-26-24-19-11-4-12-20-24/h1-3,5-10,13-18,24,26-27H,4,11-12,19-20H2. The minimum absolute atomic E-state index is 0.152. The summed E-state index contributed by atoms with van der Waals surface area (Å²) >= 11 is 0. The summed E-state index contributed by atoms with van der Waals surface area (Å²) in [5.74, 6) is 0. The zero-order chi connectivity index (χ0) is 18.4. The lowest BCUT2D eigenvalue weighted by molar-refractivity contribution is 0.421. The van der Waals surface area contributed by atoms with Crippen molar-refractivity contribution in [2.75, 3.05) is 0 Å². The van der Waals surface area contributed by atoms with Crippen molar-refractivity contribution in [3.63, 3.8) is 0 Å². The van der Waals surface area contributed by atoms with Crippen LogP contribution >= 0.6 is 8.73 Å². The molecule has 1 unspecified atom stereocenters. The molecule has 1 fully saturated rings. The SMILES string of the molecule is c1ccc(C(PNC2CCCCC2)(c2ccccc2)c2ccccc2)cc1. The maximum absolute atomic E-state index is 3.99. The minimum Gasteiger partial charge on any atom is -0.294 e. The first-order chi connectivity index (χ1) is 13.4. The molecule has 1 N–H and O–H groups in total. The third-order valence-corrected chi connectivity index (χ3v) is 7.48. The highest BCUT2D eigenvalue weighted by Crippen LogP contribution is 2.51. The number of hydrogen-bond donors (Lipinski definition) is 1. The van der Waals surface area contributed by atoms with Crippen LogP contribution < -0.4 is 5.09 Å². The number of rotatable bonds is 6. The molecule has 0 spiro atoms. The Kier molecular flexibility index (Phi) is 6.02. The Labute approximate surface area is 165 Å². The van der Waals surface area contributed by atoms with Gasteiger partial charge < -0.3 is 0 Å². The molecule has 3 aromatic rings. The average molecular weight is 373 g/mol. The first-order valence-electron chi connectivity index (χ1n) is 10.1. The summed E-state index contributed by atoms with van der Waals surface area (Å²) in [7, 11) is 0.607. The third kappa shape index (κ3) is 4.00. The van der Waals surface area contributed by atoms with E-state index in [-0.39, 0.29) is 5.16 Å². The van der Waals surface area contributed by atoms with Gasteiger partial charge in [0.1, 0.15) is 0 Å². The molecule has 0 amide bonds. The Hall–Kier alpha value is -1.95. The van der Waals surface area contributed by atoms with Gasteiger partial charge in [0.25, 0.3) is 0 Å². The summed E-state index contributed by atoms with van der Waals surface area (Å²) in [6.45, 7) is 0. The molecule has 1 nitrogen and oxygen atoms in total. The van der Waals surface area contributed by atoms with Gasteiger partial charge in [0, 0.05) is 6.04 Å². The van der Waals surface area contributed by atoms with Crippen LogP contribution in [-0.2, 0) is 5.16 Å². The Morgan fingerprint density at radius 2 is 1.00 bits per heavy atom. The molecule has 0 aromatic heterocycles. The smallest absolute Gasteiger partial charge is 0.0754 e. The Balaban J connectivity index is 1.81. The van der Waals surface area contributed by atoms with E-state index in [0.29, 0.717) is 14.8 Å². The monoisotopic (exact) mass is 373 g/mol. The molecule has 0 saturated heterocycles. The van der Waals surface area contributed by atoms with Crippen LogP contribution in [0.4, 0.5) is 0 Å². The summed E-state index contributed by atoms with van der Waals surface area (Å²) < 4.78 is 0. The molecule has 1 aliphatic carbocycles.